The number of carboxylic acids is 1. The van der Waals surface area contributed by atoms with E-state index < -0.39 is 17.5 Å². The Hall–Kier alpha value is -4.16. The number of esters is 1. The average Bonchev–Trinajstić information content (AvgIpc) is 3.86. The Morgan fingerprint density at radius 1 is 0.704 bits per heavy atom. The zero-order valence-electron chi connectivity index (χ0n) is 30.7. The fraction of sp³-hybridized carbons (Fsp3) is 0.550. The molecule has 6 fully saturated rings. The van der Waals surface area contributed by atoms with Gasteiger partial charge in [-0.25, -0.2) is 28.9 Å². The number of carboxylic acid groups (broad SMARTS) is 1. The summed E-state index contributed by atoms with van der Waals surface area (Å²) in [5.41, 5.74) is 2.47. The van der Waals surface area contributed by atoms with Gasteiger partial charge in [-0.1, -0.05) is 23.2 Å². The normalized spacial score (nSPS) is 21.1. The van der Waals surface area contributed by atoms with Crippen LogP contribution in [0.3, 0.4) is 0 Å². The van der Waals surface area contributed by atoms with E-state index in [0.29, 0.717) is 58.3 Å². The predicted octanol–water partition coefficient (Wildman–Crippen LogP) is 8.41. The molecule has 14 heteroatoms. The van der Waals surface area contributed by atoms with Crippen LogP contribution in [-0.2, 0) is 4.74 Å². The van der Waals surface area contributed by atoms with Crippen LogP contribution in [0.2, 0.25) is 10.3 Å². The number of hydrogen-bond donors (Lipinski definition) is 1. The number of hydrogen-bond acceptors (Lipinski definition) is 9. The highest BCUT2D eigenvalue weighted by molar-refractivity contribution is 6.32. The molecule has 4 aromatic heterocycles. The lowest BCUT2D eigenvalue weighted by Gasteiger charge is -2.19. The molecule has 1 N–H and O–H groups in total. The molecule has 284 valence electrons. The van der Waals surface area contributed by atoms with Crippen LogP contribution in [-0.4, -0.2) is 65.4 Å². The summed E-state index contributed by atoms with van der Waals surface area (Å²) in [5, 5.41) is 17.8. The fourth-order valence-corrected chi connectivity index (χ4v) is 10.5. The lowest BCUT2D eigenvalue weighted by molar-refractivity contribution is 0.00690. The number of carbonyl (C=O) groups is 2. The Morgan fingerprint density at radius 2 is 1.11 bits per heavy atom. The second-order valence-electron chi connectivity index (χ2n) is 17.0. The van der Waals surface area contributed by atoms with Crippen LogP contribution in [0.4, 0.5) is 0 Å². The minimum atomic E-state index is -1.10. The molecular weight excluding hydrogens is 731 g/mol. The van der Waals surface area contributed by atoms with Gasteiger partial charge in [-0.05, 0) is 143 Å². The molecule has 6 aliphatic carbocycles. The summed E-state index contributed by atoms with van der Waals surface area (Å²) < 4.78 is 20.2. The van der Waals surface area contributed by atoms with Crippen LogP contribution in [0.1, 0.15) is 106 Å². The highest BCUT2D eigenvalue weighted by Crippen LogP contribution is 2.93. The van der Waals surface area contributed by atoms with Crippen molar-refractivity contribution in [3.8, 4) is 23.4 Å². The predicted molar refractivity (Wildman–Crippen MR) is 199 cm³/mol. The van der Waals surface area contributed by atoms with Gasteiger partial charge in [0.1, 0.15) is 15.9 Å². The van der Waals surface area contributed by atoms with Crippen molar-refractivity contribution in [2.45, 2.75) is 90.6 Å². The zero-order valence-corrected chi connectivity index (χ0v) is 32.2. The van der Waals surface area contributed by atoms with Crippen molar-refractivity contribution in [2.75, 3.05) is 13.2 Å². The molecular formula is C40H44Cl2N6O6. The summed E-state index contributed by atoms with van der Waals surface area (Å²) in [5.74, 6) is 2.26. The summed E-state index contributed by atoms with van der Waals surface area (Å²) in [7, 11) is 0. The number of nitrogens with zero attached hydrogens (tertiary/aromatic N) is 6. The molecule has 12 nitrogen and oxygen atoms in total. The van der Waals surface area contributed by atoms with E-state index in [0.717, 1.165) is 24.7 Å². The van der Waals surface area contributed by atoms with Crippen LogP contribution < -0.4 is 9.47 Å². The number of ether oxygens (including phenoxy) is 3. The van der Waals surface area contributed by atoms with Gasteiger partial charge in [-0.2, -0.15) is 0 Å². The molecule has 0 radical (unpaired) electrons. The van der Waals surface area contributed by atoms with E-state index in [-0.39, 0.29) is 21.4 Å². The Bertz CT molecular complexity index is 2110. The third-order valence-corrected chi connectivity index (χ3v) is 13.6. The Labute approximate surface area is 323 Å². The molecule has 0 bridgehead atoms. The number of pyridine rings is 2. The molecule has 0 unspecified atom stereocenters. The zero-order chi connectivity index (χ0) is 37.7. The fourth-order valence-electron chi connectivity index (χ4n) is 10.0. The molecule has 4 spiro atoms. The van der Waals surface area contributed by atoms with Crippen LogP contribution in [0.5, 0.6) is 11.8 Å². The maximum atomic E-state index is 12.2. The van der Waals surface area contributed by atoms with Gasteiger partial charge in [-0.3, -0.25) is 0 Å². The number of aromatic nitrogens is 6. The SMILES string of the molecule is CC(C)(C)OC(=O)c1ccc(-n2ccc(OCCC3C4(CC4)C34CC4)n2)nc1Cl.O=C(O)c1ccc(-n2ccc(OCCC3C4(CC4)C34CC4)n2)nc1Cl. The maximum absolute atomic E-state index is 12.2. The topological polar surface area (TPSA) is 143 Å². The van der Waals surface area contributed by atoms with Gasteiger partial charge in [0.15, 0.2) is 11.6 Å². The molecule has 0 saturated heterocycles. The molecule has 6 aliphatic rings. The molecule has 0 amide bonds. The summed E-state index contributed by atoms with van der Waals surface area (Å²) in [6.45, 7) is 6.83. The van der Waals surface area contributed by atoms with Gasteiger partial charge in [0.05, 0.1) is 24.3 Å². The monoisotopic (exact) mass is 774 g/mol. The summed E-state index contributed by atoms with van der Waals surface area (Å²) >= 11 is 12.1. The van der Waals surface area contributed by atoms with E-state index in [4.69, 9.17) is 42.5 Å². The second kappa shape index (κ2) is 12.4. The smallest absolute Gasteiger partial charge is 0.341 e. The first-order chi connectivity index (χ1) is 25.8. The Kier molecular flexibility index (Phi) is 8.18. The molecule has 0 aliphatic heterocycles. The lowest BCUT2D eigenvalue weighted by Crippen LogP contribution is -2.24. The maximum Gasteiger partial charge on any atom is 0.341 e. The van der Waals surface area contributed by atoms with Crippen molar-refractivity contribution in [3.05, 3.63) is 70.2 Å². The number of fused-ring (bicyclic) bond motifs is 2. The van der Waals surface area contributed by atoms with Gasteiger partial charge < -0.3 is 19.3 Å². The number of aromatic carboxylic acids is 1. The van der Waals surface area contributed by atoms with Gasteiger partial charge in [0.2, 0.25) is 11.8 Å². The minimum Gasteiger partial charge on any atom is -0.478 e. The van der Waals surface area contributed by atoms with Crippen molar-refractivity contribution in [3.63, 3.8) is 0 Å². The van der Waals surface area contributed by atoms with E-state index in [1.165, 1.54) is 62.1 Å². The van der Waals surface area contributed by atoms with Gasteiger partial charge in [0.25, 0.3) is 0 Å². The molecule has 4 heterocycles. The molecule has 4 aromatic rings. The molecule has 0 atom stereocenters. The van der Waals surface area contributed by atoms with E-state index >= 15 is 0 Å². The highest BCUT2D eigenvalue weighted by atomic mass is 35.5. The summed E-state index contributed by atoms with van der Waals surface area (Å²) in [6, 6.07) is 9.91. The first kappa shape index (κ1) is 35.5. The largest absolute Gasteiger partial charge is 0.478 e. The van der Waals surface area contributed by atoms with E-state index in [9.17, 15) is 9.59 Å². The summed E-state index contributed by atoms with van der Waals surface area (Å²) in [6.07, 6.45) is 17.2. The second-order valence-corrected chi connectivity index (χ2v) is 17.7. The van der Waals surface area contributed by atoms with Crippen molar-refractivity contribution < 1.29 is 28.9 Å². The van der Waals surface area contributed by atoms with E-state index in [1.807, 2.05) is 26.8 Å². The highest BCUT2D eigenvalue weighted by Gasteiger charge is 2.86. The average molecular weight is 776 g/mol. The van der Waals surface area contributed by atoms with E-state index in [2.05, 4.69) is 20.2 Å². The molecule has 6 saturated carbocycles. The Balaban J connectivity index is 0.000000144. The standard InChI is InChI=1S/C22H26ClN3O3.C18H18ClN3O3/c1-20(2,3)29-19(27)14-4-5-16(24-18(14)23)26-12-6-17(25-26)28-13-7-15-21(8-9-21)22(15)10-11-22;19-15-11(16(23)24)1-2-13(20-15)22-9-3-14(21-22)25-10-4-12-17(5-6-17)18(12)7-8-18/h4-6,12,15H,7-11,13H2,1-3H3;1-3,9,12H,4-8,10H2,(H,23,24). The van der Waals surface area contributed by atoms with Crippen LogP contribution in [0, 0.1) is 33.5 Å². The van der Waals surface area contributed by atoms with Crippen molar-refractivity contribution in [1.29, 1.82) is 0 Å². The molecule has 10 rings (SSSR count). The minimum absolute atomic E-state index is 0.0264. The van der Waals surface area contributed by atoms with Gasteiger partial charge >= 0.3 is 11.9 Å². The van der Waals surface area contributed by atoms with Crippen LogP contribution >= 0.6 is 23.2 Å². The van der Waals surface area contributed by atoms with Crippen LogP contribution in [0.25, 0.3) is 11.6 Å². The summed E-state index contributed by atoms with van der Waals surface area (Å²) in [4.78, 5) is 31.6. The number of rotatable bonds is 12. The first-order valence-corrected chi connectivity index (χ1v) is 19.7. The molecule has 54 heavy (non-hydrogen) atoms. The lowest BCUT2D eigenvalue weighted by atomic mass is 10.2. The third kappa shape index (κ3) is 6.13. The first-order valence-electron chi connectivity index (χ1n) is 19.0. The van der Waals surface area contributed by atoms with E-state index in [1.54, 1.807) is 41.3 Å². The number of halogens is 2. The van der Waals surface area contributed by atoms with Crippen LogP contribution in [0.15, 0.2) is 48.8 Å². The molecule has 0 aromatic carbocycles. The third-order valence-electron chi connectivity index (χ3n) is 13.1. The van der Waals surface area contributed by atoms with Gasteiger partial charge in [0, 0.05) is 24.5 Å². The number of carbonyl (C=O) groups excluding carboxylic acids is 1. The van der Waals surface area contributed by atoms with Crippen molar-refractivity contribution in [1.82, 2.24) is 29.5 Å². The quantitative estimate of drug-likeness (QED) is 0.110. The van der Waals surface area contributed by atoms with Crippen molar-refractivity contribution in [2.24, 2.45) is 33.5 Å². The van der Waals surface area contributed by atoms with Gasteiger partial charge in [-0.15, -0.1) is 10.2 Å². The van der Waals surface area contributed by atoms with Crippen molar-refractivity contribution >= 4 is 35.1 Å². The Morgan fingerprint density at radius 3 is 1.46 bits per heavy atom.